The second kappa shape index (κ2) is 5.22. The fourth-order valence-corrected chi connectivity index (χ4v) is 3.00. The van der Waals surface area contributed by atoms with Crippen LogP contribution in [0.25, 0.3) is 10.8 Å². The quantitative estimate of drug-likeness (QED) is 0.883. The second-order valence-electron chi connectivity index (χ2n) is 5.51. The van der Waals surface area contributed by atoms with Crippen molar-refractivity contribution in [1.29, 1.82) is 0 Å². The van der Waals surface area contributed by atoms with Gasteiger partial charge in [-0.2, -0.15) is 0 Å². The molecule has 2 nitrogen and oxygen atoms in total. The highest BCUT2D eigenvalue weighted by Gasteiger charge is 2.24. The number of hydrogen-bond acceptors (Lipinski definition) is 2. The molecule has 0 saturated carbocycles. The first kappa shape index (κ1) is 12.5. The first-order chi connectivity index (χ1) is 9.29. The Morgan fingerprint density at radius 2 is 1.95 bits per heavy atom. The molecule has 0 bridgehead atoms. The minimum absolute atomic E-state index is 0.550. The minimum atomic E-state index is 0.550. The van der Waals surface area contributed by atoms with E-state index in [-0.39, 0.29) is 0 Å². The van der Waals surface area contributed by atoms with E-state index >= 15 is 0 Å². The number of rotatable bonds is 2. The SMILES string of the molecule is CCC1CN(c2cccc3ccccc23)C(C)CN1. The van der Waals surface area contributed by atoms with Crippen LogP contribution in [0.5, 0.6) is 0 Å². The van der Waals surface area contributed by atoms with Crippen LogP contribution in [0.2, 0.25) is 0 Å². The van der Waals surface area contributed by atoms with Crippen molar-refractivity contribution in [3.05, 3.63) is 42.5 Å². The summed E-state index contributed by atoms with van der Waals surface area (Å²) in [5.41, 5.74) is 1.38. The van der Waals surface area contributed by atoms with Crippen molar-refractivity contribution in [2.45, 2.75) is 32.4 Å². The van der Waals surface area contributed by atoms with Gasteiger partial charge in [0.25, 0.3) is 0 Å². The minimum Gasteiger partial charge on any atom is -0.365 e. The number of piperazine rings is 1. The number of benzene rings is 2. The third-order valence-corrected chi connectivity index (χ3v) is 4.22. The van der Waals surface area contributed by atoms with Gasteiger partial charge in [0.15, 0.2) is 0 Å². The highest BCUT2D eigenvalue weighted by atomic mass is 15.2. The number of nitrogens with one attached hydrogen (secondary N) is 1. The lowest BCUT2D eigenvalue weighted by atomic mass is 10.0. The lowest BCUT2D eigenvalue weighted by Gasteiger charge is -2.40. The van der Waals surface area contributed by atoms with Gasteiger partial charge in [-0.25, -0.2) is 0 Å². The Morgan fingerprint density at radius 1 is 1.16 bits per heavy atom. The molecule has 2 unspecified atom stereocenters. The molecule has 2 aromatic carbocycles. The van der Waals surface area contributed by atoms with Crippen molar-refractivity contribution in [1.82, 2.24) is 5.32 Å². The summed E-state index contributed by atoms with van der Waals surface area (Å²) in [6, 6.07) is 16.5. The van der Waals surface area contributed by atoms with Crippen molar-refractivity contribution in [2.24, 2.45) is 0 Å². The van der Waals surface area contributed by atoms with Crippen LogP contribution >= 0.6 is 0 Å². The number of fused-ring (bicyclic) bond motifs is 1. The van der Waals surface area contributed by atoms with E-state index in [0.29, 0.717) is 12.1 Å². The van der Waals surface area contributed by atoms with Crippen molar-refractivity contribution in [2.75, 3.05) is 18.0 Å². The Bertz CT molecular complexity index is 559. The van der Waals surface area contributed by atoms with Gasteiger partial charge in [0.1, 0.15) is 0 Å². The summed E-state index contributed by atoms with van der Waals surface area (Å²) in [5, 5.41) is 6.33. The fourth-order valence-electron chi connectivity index (χ4n) is 3.00. The van der Waals surface area contributed by atoms with Crippen LogP contribution in [0.15, 0.2) is 42.5 Å². The third-order valence-electron chi connectivity index (χ3n) is 4.22. The molecule has 100 valence electrons. The number of nitrogens with zero attached hydrogens (tertiary/aromatic N) is 1. The molecule has 2 atom stereocenters. The van der Waals surface area contributed by atoms with E-state index in [4.69, 9.17) is 0 Å². The zero-order chi connectivity index (χ0) is 13.2. The molecule has 0 aliphatic carbocycles. The molecule has 3 rings (SSSR count). The van der Waals surface area contributed by atoms with Crippen LogP contribution < -0.4 is 10.2 Å². The molecule has 0 aromatic heterocycles. The summed E-state index contributed by atoms with van der Waals surface area (Å²) >= 11 is 0. The van der Waals surface area contributed by atoms with E-state index < -0.39 is 0 Å². The summed E-state index contributed by atoms with van der Waals surface area (Å²) in [6.07, 6.45) is 1.19. The van der Waals surface area contributed by atoms with Gasteiger partial charge in [-0.3, -0.25) is 0 Å². The molecule has 1 heterocycles. The zero-order valence-electron chi connectivity index (χ0n) is 11.8. The van der Waals surface area contributed by atoms with Gasteiger partial charge in [-0.15, -0.1) is 0 Å². The highest BCUT2D eigenvalue weighted by Crippen LogP contribution is 2.29. The van der Waals surface area contributed by atoms with Gasteiger partial charge in [-0.05, 0) is 24.8 Å². The van der Waals surface area contributed by atoms with Crippen molar-refractivity contribution in [3.63, 3.8) is 0 Å². The van der Waals surface area contributed by atoms with Crippen LogP contribution in [0.1, 0.15) is 20.3 Å². The lowest BCUT2D eigenvalue weighted by molar-refractivity contribution is 0.398. The van der Waals surface area contributed by atoms with E-state index in [1.807, 2.05) is 0 Å². The summed E-state index contributed by atoms with van der Waals surface area (Å²) < 4.78 is 0. The van der Waals surface area contributed by atoms with E-state index in [2.05, 4.69) is 66.5 Å². The maximum atomic E-state index is 3.62. The highest BCUT2D eigenvalue weighted by molar-refractivity contribution is 5.94. The average Bonchev–Trinajstić information content (AvgIpc) is 2.47. The van der Waals surface area contributed by atoms with Crippen LogP contribution in [0.3, 0.4) is 0 Å². The first-order valence-corrected chi connectivity index (χ1v) is 7.27. The molecular weight excluding hydrogens is 232 g/mol. The van der Waals surface area contributed by atoms with Gasteiger partial charge in [-0.1, -0.05) is 43.3 Å². The molecule has 19 heavy (non-hydrogen) atoms. The molecule has 1 saturated heterocycles. The molecule has 2 aromatic rings. The van der Waals surface area contributed by atoms with Gasteiger partial charge in [0.05, 0.1) is 0 Å². The van der Waals surface area contributed by atoms with Gasteiger partial charge in [0.2, 0.25) is 0 Å². The Balaban J connectivity index is 2.02. The zero-order valence-corrected chi connectivity index (χ0v) is 11.8. The van der Waals surface area contributed by atoms with E-state index in [1.54, 1.807) is 0 Å². The topological polar surface area (TPSA) is 15.3 Å². The van der Waals surface area contributed by atoms with Crippen LogP contribution in [-0.4, -0.2) is 25.2 Å². The first-order valence-electron chi connectivity index (χ1n) is 7.27. The average molecular weight is 254 g/mol. The predicted octanol–water partition coefficient (Wildman–Crippen LogP) is 3.42. The normalized spacial score (nSPS) is 23.8. The Morgan fingerprint density at radius 3 is 2.79 bits per heavy atom. The number of hydrogen-bond donors (Lipinski definition) is 1. The molecule has 1 fully saturated rings. The monoisotopic (exact) mass is 254 g/mol. The Kier molecular flexibility index (Phi) is 3.43. The largest absolute Gasteiger partial charge is 0.365 e. The third kappa shape index (κ3) is 2.33. The van der Waals surface area contributed by atoms with Crippen molar-refractivity contribution < 1.29 is 0 Å². The van der Waals surface area contributed by atoms with Crippen LogP contribution in [0, 0.1) is 0 Å². The summed E-state index contributed by atoms with van der Waals surface area (Å²) in [4.78, 5) is 2.56. The molecule has 0 amide bonds. The maximum absolute atomic E-state index is 3.62. The maximum Gasteiger partial charge on any atom is 0.0449 e. The summed E-state index contributed by atoms with van der Waals surface area (Å²) in [7, 11) is 0. The van der Waals surface area contributed by atoms with E-state index in [1.165, 1.54) is 22.9 Å². The van der Waals surface area contributed by atoms with Gasteiger partial charge >= 0.3 is 0 Å². The fraction of sp³-hybridized carbons (Fsp3) is 0.412. The lowest BCUT2D eigenvalue weighted by Crippen LogP contribution is -2.55. The van der Waals surface area contributed by atoms with Gasteiger partial charge < -0.3 is 10.2 Å². The predicted molar refractivity (Wildman–Crippen MR) is 82.8 cm³/mol. The summed E-state index contributed by atoms with van der Waals surface area (Å²) in [5.74, 6) is 0. The van der Waals surface area contributed by atoms with Gasteiger partial charge in [0, 0.05) is 36.2 Å². The van der Waals surface area contributed by atoms with Crippen LogP contribution in [0.4, 0.5) is 5.69 Å². The van der Waals surface area contributed by atoms with Crippen molar-refractivity contribution >= 4 is 16.5 Å². The molecule has 1 N–H and O–H groups in total. The molecule has 0 spiro atoms. The molecule has 0 radical (unpaired) electrons. The number of anilines is 1. The smallest absolute Gasteiger partial charge is 0.0449 e. The standard InChI is InChI=1S/C17H22N2/c1-3-15-12-19(13(2)11-18-15)17-10-6-8-14-7-4-5-9-16(14)17/h4-10,13,15,18H,3,11-12H2,1-2H3. The van der Waals surface area contributed by atoms with Crippen LogP contribution in [-0.2, 0) is 0 Å². The second-order valence-corrected chi connectivity index (χ2v) is 5.51. The summed E-state index contributed by atoms with van der Waals surface area (Å²) in [6.45, 7) is 6.74. The molecule has 1 aliphatic rings. The van der Waals surface area contributed by atoms with E-state index in [9.17, 15) is 0 Å². The van der Waals surface area contributed by atoms with Crippen molar-refractivity contribution in [3.8, 4) is 0 Å². The molecular formula is C17H22N2. The molecule has 1 aliphatic heterocycles. The Labute approximate surface area is 115 Å². The Hall–Kier alpha value is -1.54. The van der Waals surface area contributed by atoms with E-state index in [0.717, 1.165) is 13.1 Å². The molecule has 2 heteroatoms.